The Balaban J connectivity index is 1.80. The van der Waals surface area contributed by atoms with Crippen LogP contribution >= 0.6 is 11.3 Å². The number of nitrogens with one attached hydrogen (secondary N) is 1. The van der Waals surface area contributed by atoms with Gasteiger partial charge in [-0.15, -0.1) is 11.3 Å². The van der Waals surface area contributed by atoms with Crippen LogP contribution in [0.4, 0.5) is 5.13 Å². The number of nitrogens with zero attached hydrogens (tertiary/aromatic N) is 1. The van der Waals surface area contributed by atoms with Crippen LogP contribution in [0.3, 0.4) is 0 Å². The molecule has 2 rings (SSSR count). The first-order valence-corrected chi connectivity index (χ1v) is 8.35. The number of benzene rings is 1. The van der Waals surface area contributed by atoms with Crippen molar-refractivity contribution in [2.45, 2.75) is 46.0 Å². The van der Waals surface area contributed by atoms with E-state index in [2.05, 4.69) is 54.5 Å². The molecule has 0 bridgehead atoms. The molecule has 1 heterocycles. The van der Waals surface area contributed by atoms with E-state index >= 15 is 0 Å². The van der Waals surface area contributed by atoms with Gasteiger partial charge in [-0.3, -0.25) is 0 Å². The first kappa shape index (κ1) is 15.0. The van der Waals surface area contributed by atoms with Crippen molar-refractivity contribution in [3.8, 4) is 0 Å². The molecule has 0 saturated heterocycles. The quantitative estimate of drug-likeness (QED) is 0.703. The Hall–Kier alpha value is -1.35. The van der Waals surface area contributed by atoms with E-state index in [1.165, 1.54) is 41.8 Å². The topological polar surface area (TPSA) is 24.9 Å². The molecule has 0 aliphatic heterocycles. The summed E-state index contributed by atoms with van der Waals surface area (Å²) >= 11 is 1.82. The highest BCUT2D eigenvalue weighted by Crippen LogP contribution is 2.24. The first-order valence-electron chi connectivity index (χ1n) is 7.53. The standard InChI is InChI=1S/C17H24N2S/c1-3-4-6-11-16-14(2)19-17(20-16)18-13-12-15-9-7-5-8-10-15/h5,7-10H,3-4,6,11-13H2,1-2H3,(H,18,19). The lowest BCUT2D eigenvalue weighted by Crippen LogP contribution is -2.04. The van der Waals surface area contributed by atoms with Gasteiger partial charge in [-0.1, -0.05) is 50.1 Å². The summed E-state index contributed by atoms with van der Waals surface area (Å²) in [6.45, 7) is 5.32. The average Bonchev–Trinajstić information content (AvgIpc) is 2.81. The molecule has 20 heavy (non-hydrogen) atoms. The lowest BCUT2D eigenvalue weighted by Gasteiger charge is -2.02. The number of rotatable bonds is 8. The van der Waals surface area contributed by atoms with E-state index in [-0.39, 0.29) is 0 Å². The van der Waals surface area contributed by atoms with Gasteiger partial charge < -0.3 is 5.32 Å². The Bertz CT molecular complexity index is 505. The molecule has 0 spiro atoms. The van der Waals surface area contributed by atoms with Gasteiger partial charge in [0.25, 0.3) is 0 Å². The summed E-state index contributed by atoms with van der Waals surface area (Å²) in [5.74, 6) is 0. The number of thiazole rings is 1. The van der Waals surface area contributed by atoms with Crippen LogP contribution in [0.1, 0.15) is 42.3 Å². The van der Waals surface area contributed by atoms with E-state index in [9.17, 15) is 0 Å². The van der Waals surface area contributed by atoms with Gasteiger partial charge in [-0.2, -0.15) is 0 Å². The molecular weight excluding hydrogens is 264 g/mol. The third-order valence-electron chi connectivity index (χ3n) is 3.43. The van der Waals surface area contributed by atoms with Crippen LogP contribution in [-0.2, 0) is 12.8 Å². The van der Waals surface area contributed by atoms with Gasteiger partial charge in [0.2, 0.25) is 0 Å². The molecule has 0 fully saturated rings. The van der Waals surface area contributed by atoms with Crippen LogP contribution in [0.25, 0.3) is 0 Å². The summed E-state index contributed by atoms with van der Waals surface area (Å²) in [6, 6.07) is 10.6. The molecule has 0 unspecified atom stereocenters. The number of anilines is 1. The van der Waals surface area contributed by atoms with E-state index in [1.807, 2.05) is 11.3 Å². The Morgan fingerprint density at radius 2 is 1.90 bits per heavy atom. The normalized spacial score (nSPS) is 10.7. The smallest absolute Gasteiger partial charge is 0.183 e. The molecule has 2 aromatic rings. The zero-order chi connectivity index (χ0) is 14.2. The van der Waals surface area contributed by atoms with Crippen LogP contribution in [0.15, 0.2) is 30.3 Å². The Labute approximate surface area is 126 Å². The Kier molecular flexibility index (Phi) is 6.06. The molecule has 0 aliphatic carbocycles. The monoisotopic (exact) mass is 288 g/mol. The summed E-state index contributed by atoms with van der Waals surface area (Å²) in [7, 11) is 0. The molecule has 0 saturated carbocycles. The van der Waals surface area contributed by atoms with E-state index in [0.717, 1.165) is 18.1 Å². The van der Waals surface area contributed by atoms with Gasteiger partial charge in [0.1, 0.15) is 0 Å². The predicted octanol–water partition coefficient (Wildman–Crippen LogP) is 4.84. The molecule has 1 N–H and O–H groups in total. The maximum absolute atomic E-state index is 4.63. The fourth-order valence-electron chi connectivity index (χ4n) is 2.23. The second-order valence-electron chi connectivity index (χ2n) is 5.15. The number of aromatic nitrogens is 1. The highest BCUT2D eigenvalue weighted by Gasteiger charge is 2.06. The minimum absolute atomic E-state index is 0.950. The van der Waals surface area contributed by atoms with Gasteiger partial charge in [-0.05, 0) is 31.7 Å². The fraction of sp³-hybridized carbons (Fsp3) is 0.471. The van der Waals surface area contributed by atoms with Crippen LogP contribution in [0, 0.1) is 6.92 Å². The zero-order valence-corrected chi connectivity index (χ0v) is 13.3. The highest BCUT2D eigenvalue weighted by atomic mass is 32.1. The van der Waals surface area contributed by atoms with Gasteiger partial charge in [0, 0.05) is 11.4 Å². The van der Waals surface area contributed by atoms with Crippen molar-refractivity contribution < 1.29 is 0 Å². The third kappa shape index (κ3) is 4.64. The van der Waals surface area contributed by atoms with Crippen molar-refractivity contribution in [2.75, 3.05) is 11.9 Å². The van der Waals surface area contributed by atoms with Gasteiger partial charge in [-0.25, -0.2) is 4.98 Å². The van der Waals surface area contributed by atoms with Crippen molar-refractivity contribution in [1.29, 1.82) is 0 Å². The maximum atomic E-state index is 4.63. The van der Waals surface area contributed by atoms with Crippen molar-refractivity contribution in [1.82, 2.24) is 4.98 Å². The van der Waals surface area contributed by atoms with E-state index in [0.29, 0.717) is 0 Å². The SMILES string of the molecule is CCCCCc1sc(NCCc2ccccc2)nc1C. The largest absolute Gasteiger partial charge is 0.361 e. The fourth-order valence-corrected chi connectivity index (χ4v) is 3.26. The lowest BCUT2D eigenvalue weighted by molar-refractivity contribution is 0.720. The van der Waals surface area contributed by atoms with Crippen LogP contribution < -0.4 is 5.32 Å². The van der Waals surface area contributed by atoms with E-state index < -0.39 is 0 Å². The maximum Gasteiger partial charge on any atom is 0.183 e. The molecule has 0 aliphatic rings. The number of hydrogen-bond donors (Lipinski definition) is 1. The van der Waals surface area contributed by atoms with Crippen molar-refractivity contribution >= 4 is 16.5 Å². The molecule has 1 aromatic heterocycles. The van der Waals surface area contributed by atoms with Crippen molar-refractivity contribution in [2.24, 2.45) is 0 Å². The van der Waals surface area contributed by atoms with E-state index in [4.69, 9.17) is 0 Å². The third-order valence-corrected chi connectivity index (χ3v) is 4.61. The molecule has 0 radical (unpaired) electrons. The number of aryl methyl sites for hydroxylation is 2. The molecule has 2 nitrogen and oxygen atoms in total. The first-order chi connectivity index (χ1) is 9.79. The zero-order valence-electron chi connectivity index (χ0n) is 12.5. The second-order valence-corrected chi connectivity index (χ2v) is 6.23. The highest BCUT2D eigenvalue weighted by molar-refractivity contribution is 7.15. The molecule has 1 aromatic carbocycles. The molecule has 0 atom stereocenters. The number of unbranched alkanes of at least 4 members (excludes halogenated alkanes) is 2. The van der Waals surface area contributed by atoms with Gasteiger partial charge in [0.05, 0.1) is 5.69 Å². The lowest BCUT2D eigenvalue weighted by atomic mass is 10.1. The summed E-state index contributed by atoms with van der Waals surface area (Å²) in [5.41, 5.74) is 2.57. The van der Waals surface area contributed by atoms with Crippen LogP contribution in [0.2, 0.25) is 0 Å². The van der Waals surface area contributed by atoms with Crippen LogP contribution in [-0.4, -0.2) is 11.5 Å². The Morgan fingerprint density at radius 3 is 2.65 bits per heavy atom. The predicted molar refractivity (Wildman–Crippen MR) is 88.7 cm³/mol. The minimum atomic E-state index is 0.950. The molecular formula is C17H24N2S. The summed E-state index contributed by atoms with van der Waals surface area (Å²) < 4.78 is 0. The van der Waals surface area contributed by atoms with Crippen LogP contribution in [0.5, 0.6) is 0 Å². The van der Waals surface area contributed by atoms with Crippen molar-refractivity contribution in [3.63, 3.8) is 0 Å². The van der Waals surface area contributed by atoms with Crippen molar-refractivity contribution in [3.05, 3.63) is 46.5 Å². The summed E-state index contributed by atoms with van der Waals surface area (Å²) in [6.07, 6.45) is 6.10. The number of hydrogen-bond acceptors (Lipinski definition) is 3. The van der Waals surface area contributed by atoms with Gasteiger partial charge >= 0.3 is 0 Å². The molecule has 0 amide bonds. The summed E-state index contributed by atoms with van der Waals surface area (Å²) in [5, 5.41) is 4.53. The minimum Gasteiger partial charge on any atom is -0.361 e. The van der Waals surface area contributed by atoms with E-state index in [1.54, 1.807) is 0 Å². The second kappa shape index (κ2) is 8.05. The summed E-state index contributed by atoms with van der Waals surface area (Å²) in [4.78, 5) is 6.07. The molecule has 108 valence electrons. The molecule has 3 heteroatoms. The average molecular weight is 288 g/mol. The van der Waals surface area contributed by atoms with Gasteiger partial charge in [0.15, 0.2) is 5.13 Å². The Morgan fingerprint density at radius 1 is 1.10 bits per heavy atom.